The normalized spacial score (nSPS) is 20.9. The molecule has 1 N–H and O–H groups in total. The maximum Gasteiger partial charge on any atom is 0.317 e. The first-order valence-corrected chi connectivity index (χ1v) is 12.0. The molecule has 2 fully saturated rings. The summed E-state index contributed by atoms with van der Waals surface area (Å²) in [5.41, 5.74) is 1.99. The summed E-state index contributed by atoms with van der Waals surface area (Å²) in [6, 6.07) is 11.2. The molecule has 2 aliphatic rings. The van der Waals surface area contributed by atoms with Gasteiger partial charge in [0.2, 0.25) is 5.91 Å². The van der Waals surface area contributed by atoms with Crippen LogP contribution in [0.2, 0.25) is 0 Å². The Morgan fingerprint density at radius 1 is 1.00 bits per heavy atom. The highest BCUT2D eigenvalue weighted by Crippen LogP contribution is 2.35. The van der Waals surface area contributed by atoms with Crippen molar-refractivity contribution in [2.75, 3.05) is 44.2 Å². The molecule has 0 aromatic heterocycles. The van der Waals surface area contributed by atoms with Crippen molar-refractivity contribution in [2.45, 2.75) is 32.7 Å². The fourth-order valence-corrected chi connectivity index (χ4v) is 5.01. The standard InChI is InChI=1S/C26H32F2N4O2/c1-3-29-26(34)32-17-20(9-11-23(32)19-8-10-21(27)18(2)16-19)25(33)31-14-12-30(13-15-31)24-7-5-4-6-22(24)28/h4-8,10,16,20,23H,3,9,11-15,17H2,1-2H3,(H,29,34)/t20-,23-/m0/s1. The summed E-state index contributed by atoms with van der Waals surface area (Å²) in [4.78, 5) is 31.8. The Labute approximate surface area is 199 Å². The fourth-order valence-electron chi connectivity index (χ4n) is 5.01. The molecular weight excluding hydrogens is 438 g/mol. The van der Waals surface area contributed by atoms with Crippen molar-refractivity contribution in [3.05, 3.63) is 65.2 Å². The molecule has 0 radical (unpaired) electrons. The highest BCUT2D eigenvalue weighted by Gasteiger charge is 2.38. The second-order valence-corrected chi connectivity index (χ2v) is 9.05. The van der Waals surface area contributed by atoms with Gasteiger partial charge in [0.15, 0.2) is 0 Å². The van der Waals surface area contributed by atoms with Crippen LogP contribution in [0.4, 0.5) is 19.3 Å². The van der Waals surface area contributed by atoms with E-state index in [0.29, 0.717) is 63.4 Å². The minimum atomic E-state index is -0.291. The molecule has 0 spiro atoms. The van der Waals surface area contributed by atoms with Crippen LogP contribution in [0.3, 0.4) is 0 Å². The van der Waals surface area contributed by atoms with Gasteiger partial charge in [0.05, 0.1) is 17.6 Å². The number of aryl methyl sites for hydroxylation is 1. The van der Waals surface area contributed by atoms with Crippen molar-refractivity contribution >= 4 is 17.6 Å². The summed E-state index contributed by atoms with van der Waals surface area (Å²) in [6.45, 7) is 6.55. The number of likely N-dealkylation sites (tertiary alicyclic amines) is 1. The number of piperidine rings is 1. The summed E-state index contributed by atoms with van der Waals surface area (Å²) in [7, 11) is 0. The molecule has 34 heavy (non-hydrogen) atoms. The average Bonchev–Trinajstić information content (AvgIpc) is 2.85. The molecule has 2 aliphatic heterocycles. The van der Waals surface area contributed by atoms with Crippen molar-refractivity contribution in [1.29, 1.82) is 0 Å². The molecule has 0 unspecified atom stereocenters. The number of nitrogens with one attached hydrogen (secondary N) is 1. The van der Waals surface area contributed by atoms with E-state index >= 15 is 0 Å². The lowest BCUT2D eigenvalue weighted by Gasteiger charge is -2.42. The van der Waals surface area contributed by atoms with Gasteiger partial charge in [-0.2, -0.15) is 0 Å². The smallest absolute Gasteiger partial charge is 0.317 e. The van der Waals surface area contributed by atoms with Gasteiger partial charge in [-0.3, -0.25) is 4.79 Å². The quantitative estimate of drug-likeness (QED) is 0.732. The number of amides is 3. The zero-order valence-electron chi connectivity index (χ0n) is 19.8. The second-order valence-electron chi connectivity index (χ2n) is 9.05. The molecule has 4 rings (SSSR count). The molecule has 0 aliphatic carbocycles. The van der Waals surface area contributed by atoms with Gasteiger partial charge in [0.1, 0.15) is 11.6 Å². The number of halogens is 2. The second kappa shape index (κ2) is 10.4. The predicted molar refractivity (Wildman–Crippen MR) is 128 cm³/mol. The number of urea groups is 1. The van der Waals surface area contributed by atoms with Crippen LogP contribution in [0.1, 0.15) is 36.9 Å². The van der Waals surface area contributed by atoms with Crippen LogP contribution in [0.5, 0.6) is 0 Å². The van der Waals surface area contributed by atoms with E-state index in [1.54, 1.807) is 36.1 Å². The fraction of sp³-hybridized carbons (Fsp3) is 0.462. The Hall–Kier alpha value is -3.16. The van der Waals surface area contributed by atoms with Crippen molar-refractivity contribution in [3.63, 3.8) is 0 Å². The summed E-state index contributed by atoms with van der Waals surface area (Å²) in [5.74, 6) is -0.780. The molecule has 0 saturated carbocycles. The van der Waals surface area contributed by atoms with E-state index in [1.165, 1.54) is 12.1 Å². The minimum Gasteiger partial charge on any atom is -0.366 e. The number of rotatable bonds is 4. The lowest BCUT2D eigenvalue weighted by atomic mass is 9.87. The van der Waals surface area contributed by atoms with E-state index in [1.807, 2.05) is 22.8 Å². The van der Waals surface area contributed by atoms with Crippen LogP contribution >= 0.6 is 0 Å². The number of benzene rings is 2. The molecule has 8 heteroatoms. The third-order valence-corrected chi connectivity index (χ3v) is 6.87. The topological polar surface area (TPSA) is 55.9 Å². The Balaban J connectivity index is 1.43. The van der Waals surface area contributed by atoms with Gasteiger partial charge in [0.25, 0.3) is 0 Å². The maximum atomic E-state index is 14.1. The number of carbonyl (C=O) groups excluding carboxylic acids is 2. The Bertz CT molecular complexity index is 1040. The van der Waals surface area contributed by atoms with Gasteiger partial charge in [-0.15, -0.1) is 0 Å². The molecule has 6 nitrogen and oxygen atoms in total. The number of hydrogen-bond donors (Lipinski definition) is 1. The van der Waals surface area contributed by atoms with Gasteiger partial charge in [-0.25, -0.2) is 13.6 Å². The molecule has 3 amide bonds. The molecule has 2 atom stereocenters. The average molecular weight is 471 g/mol. The van der Waals surface area contributed by atoms with Crippen molar-refractivity contribution in [1.82, 2.24) is 15.1 Å². The van der Waals surface area contributed by atoms with Crippen LogP contribution in [0.15, 0.2) is 42.5 Å². The summed E-state index contributed by atoms with van der Waals surface area (Å²) in [5, 5.41) is 2.86. The first-order valence-electron chi connectivity index (χ1n) is 12.0. The van der Waals surface area contributed by atoms with Crippen molar-refractivity contribution in [3.8, 4) is 0 Å². The predicted octanol–water partition coefficient (Wildman–Crippen LogP) is 4.10. The summed E-state index contributed by atoms with van der Waals surface area (Å²) in [6.07, 6.45) is 1.29. The zero-order valence-corrected chi connectivity index (χ0v) is 19.8. The molecule has 0 bridgehead atoms. The van der Waals surface area contributed by atoms with Crippen molar-refractivity contribution < 1.29 is 18.4 Å². The van der Waals surface area contributed by atoms with E-state index in [-0.39, 0.29) is 35.5 Å². The highest BCUT2D eigenvalue weighted by atomic mass is 19.1. The minimum absolute atomic E-state index is 0.0382. The van der Waals surface area contributed by atoms with Crippen LogP contribution in [-0.4, -0.2) is 61.0 Å². The van der Waals surface area contributed by atoms with E-state index in [4.69, 9.17) is 0 Å². The van der Waals surface area contributed by atoms with E-state index in [9.17, 15) is 18.4 Å². The number of hydrogen-bond acceptors (Lipinski definition) is 3. The Kier molecular flexibility index (Phi) is 7.34. The third-order valence-electron chi connectivity index (χ3n) is 6.87. The summed E-state index contributed by atoms with van der Waals surface area (Å²) >= 11 is 0. The van der Waals surface area contributed by atoms with Gasteiger partial charge in [0, 0.05) is 39.3 Å². The lowest BCUT2D eigenvalue weighted by Crippen LogP contribution is -2.54. The number of anilines is 1. The first-order chi connectivity index (χ1) is 16.4. The van der Waals surface area contributed by atoms with E-state index in [2.05, 4.69) is 5.32 Å². The molecule has 2 aromatic carbocycles. The van der Waals surface area contributed by atoms with Gasteiger partial charge >= 0.3 is 6.03 Å². The van der Waals surface area contributed by atoms with Crippen molar-refractivity contribution in [2.24, 2.45) is 5.92 Å². The summed E-state index contributed by atoms with van der Waals surface area (Å²) < 4.78 is 27.9. The monoisotopic (exact) mass is 470 g/mol. The van der Waals surface area contributed by atoms with Gasteiger partial charge in [-0.1, -0.05) is 24.3 Å². The van der Waals surface area contributed by atoms with E-state index in [0.717, 1.165) is 5.56 Å². The molecule has 2 aromatic rings. The number of carbonyl (C=O) groups is 2. The number of piperazine rings is 1. The number of para-hydroxylation sites is 1. The Morgan fingerprint density at radius 2 is 1.74 bits per heavy atom. The third kappa shape index (κ3) is 5.00. The number of nitrogens with zero attached hydrogens (tertiary/aromatic N) is 3. The SMILES string of the molecule is CCNC(=O)N1C[C@@H](C(=O)N2CCN(c3ccccc3F)CC2)CC[C@H]1c1ccc(F)c(C)c1. The van der Waals surface area contributed by atoms with Crippen LogP contribution in [0, 0.1) is 24.5 Å². The van der Waals surface area contributed by atoms with Crippen LogP contribution in [-0.2, 0) is 4.79 Å². The maximum absolute atomic E-state index is 14.1. The largest absolute Gasteiger partial charge is 0.366 e. The van der Waals surface area contributed by atoms with Crippen LogP contribution < -0.4 is 10.2 Å². The van der Waals surface area contributed by atoms with E-state index < -0.39 is 0 Å². The molecular formula is C26H32F2N4O2. The molecule has 2 saturated heterocycles. The highest BCUT2D eigenvalue weighted by molar-refractivity contribution is 5.81. The molecule has 182 valence electrons. The molecule has 2 heterocycles. The lowest BCUT2D eigenvalue weighted by molar-refractivity contribution is -0.137. The van der Waals surface area contributed by atoms with Crippen LogP contribution in [0.25, 0.3) is 0 Å². The van der Waals surface area contributed by atoms with Gasteiger partial charge < -0.3 is 20.0 Å². The van der Waals surface area contributed by atoms with Gasteiger partial charge in [-0.05, 0) is 56.0 Å². The Morgan fingerprint density at radius 3 is 2.41 bits per heavy atom. The zero-order chi connectivity index (χ0) is 24.2. The first kappa shape index (κ1) is 24.0.